The average Bonchev–Trinajstić information content (AvgIpc) is 1.63. The Labute approximate surface area is 56.5 Å². The number of nitrogens with zero attached hydrogens (tertiary/aromatic N) is 1. The van der Waals surface area contributed by atoms with Gasteiger partial charge in [-0.1, -0.05) is 0 Å². The van der Waals surface area contributed by atoms with Gasteiger partial charge in [0.1, 0.15) is 0 Å². The van der Waals surface area contributed by atoms with Crippen molar-refractivity contribution in [1.82, 2.24) is 0 Å². The van der Waals surface area contributed by atoms with Gasteiger partial charge in [-0.2, -0.15) is 0 Å². The molecule has 0 aromatic carbocycles. The third kappa shape index (κ3) is 7.41. The first-order valence-electron chi connectivity index (χ1n) is 3.17. The van der Waals surface area contributed by atoms with E-state index in [4.69, 9.17) is 5.73 Å². The zero-order valence-electron chi connectivity index (χ0n) is 6.26. The molecule has 1 unspecified atom stereocenters. The largest absolute Gasteiger partial charge is 0.324 e. The van der Waals surface area contributed by atoms with Gasteiger partial charge < -0.3 is 5.73 Å². The van der Waals surface area contributed by atoms with E-state index in [9.17, 15) is 0 Å². The van der Waals surface area contributed by atoms with Crippen molar-refractivity contribution in [2.75, 3.05) is 0 Å². The van der Waals surface area contributed by atoms with E-state index < -0.39 is 0 Å². The molecule has 1 atom stereocenters. The maximum Gasteiger partial charge on any atom is 0.0537 e. The van der Waals surface area contributed by atoms with E-state index in [0.29, 0.717) is 6.04 Å². The van der Waals surface area contributed by atoms with Gasteiger partial charge in [0.25, 0.3) is 0 Å². The molecule has 0 rings (SSSR count). The smallest absolute Gasteiger partial charge is 0.0537 e. The summed E-state index contributed by atoms with van der Waals surface area (Å²) in [4.78, 5) is 3.98. The Morgan fingerprint density at radius 2 is 2.00 bits per heavy atom. The predicted molar refractivity (Wildman–Crippen MR) is 40.8 cm³/mol. The van der Waals surface area contributed by atoms with Crippen LogP contribution in [0.2, 0.25) is 0 Å². The first-order chi connectivity index (χ1) is 4.13. The molecule has 0 amide bonds. The zero-order valence-corrected chi connectivity index (χ0v) is 6.26. The van der Waals surface area contributed by atoms with Crippen LogP contribution in [0.15, 0.2) is 11.1 Å². The molecule has 0 heterocycles. The molecule has 0 saturated heterocycles. The van der Waals surface area contributed by atoms with E-state index in [0.717, 1.165) is 0 Å². The highest BCUT2D eigenvalue weighted by Crippen LogP contribution is 1.81. The highest BCUT2D eigenvalue weighted by Gasteiger charge is 1.82. The van der Waals surface area contributed by atoms with Crippen LogP contribution in [0.1, 0.15) is 20.8 Å². The minimum atomic E-state index is 0.0625. The van der Waals surface area contributed by atoms with Crippen molar-refractivity contribution in [2.24, 2.45) is 10.7 Å². The summed E-state index contributed by atoms with van der Waals surface area (Å²) in [6.45, 7) is 5.90. The van der Waals surface area contributed by atoms with Crippen LogP contribution in [0, 0.1) is 0 Å². The van der Waals surface area contributed by atoms with Crippen molar-refractivity contribution < 1.29 is 0 Å². The summed E-state index contributed by atoms with van der Waals surface area (Å²) >= 11 is 0. The first-order valence-corrected chi connectivity index (χ1v) is 3.17. The predicted octanol–water partition coefficient (Wildman–Crippen LogP) is 0.968. The van der Waals surface area contributed by atoms with Crippen molar-refractivity contribution in [3.63, 3.8) is 0 Å². The molecule has 9 heavy (non-hydrogen) atoms. The molecule has 0 bridgehead atoms. The Morgan fingerprint density at radius 1 is 1.44 bits per heavy atom. The standard InChI is InChI=1S/C7H14N2/c1-6(2)9-5-4-7(3)8/h4,6-7H,8H2,1-3H3. The van der Waals surface area contributed by atoms with E-state index in [1.807, 2.05) is 20.8 Å². The topological polar surface area (TPSA) is 38.4 Å². The maximum absolute atomic E-state index is 5.40. The number of rotatable bonds is 2. The maximum atomic E-state index is 5.40. The fourth-order valence-corrected chi connectivity index (χ4v) is 0.310. The van der Waals surface area contributed by atoms with Gasteiger partial charge in [0, 0.05) is 6.04 Å². The Kier molecular flexibility index (Phi) is 4.02. The Hall–Kier alpha value is -0.590. The van der Waals surface area contributed by atoms with Gasteiger partial charge in [0.2, 0.25) is 0 Å². The molecule has 0 aliphatic rings. The molecular formula is C7H14N2. The molecule has 2 N–H and O–H groups in total. The van der Waals surface area contributed by atoms with E-state index in [1.165, 1.54) is 0 Å². The number of aliphatic imine (C=N–C) groups is 1. The monoisotopic (exact) mass is 126 g/mol. The second-order valence-electron chi connectivity index (χ2n) is 2.38. The lowest BCUT2D eigenvalue weighted by Crippen LogP contribution is -2.10. The van der Waals surface area contributed by atoms with Gasteiger partial charge in [-0.25, -0.2) is 4.99 Å². The molecule has 0 aromatic rings. The van der Waals surface area contributed by atoms with E-state index in [1.54, 1.807) is 6.08 Å². The van der Waals surface area contributed by atoms with Crippen molar-refractivity contribution in [3.8, 4) is 0 Å². The van der Waals surface area contributed by atoms with Crippen LogP contribution >= 0.6 is 0 Å². The molecule has 0 saturated carbocycles. The van der Waals surface area contributed by atoms with E-state index in [2.05, 4.69) is 10.9 Å². The summed E-state index contributed by atoms with van der Waals surface area (Å²) in [5, 5.41) is 0. The summed E-state index contributed by atoms with van der Waals surface area (Å²) in [7, 11) is 0. The Bertz CT molecular complexity index is 107. The van der Waals surface area contributed by atoms with Crippen LogP contribution in [0.3, 0.4) is 0 Å². The molecule has 52 valence electrons. The van der Waals surface area contributed by atoms with Crippen LogP contribution in [-0.4, -0.2) is 18.0 Å². The van der Waals surface area contributed by atoms with Crippen LogP contribution < -0.4 is 5.73 Å². The van der Waals surface area contributed by atoms with Gasteiger partial charge >= 0.3 is 0 Å². The number of hydrogen-bond acceptors (Lipinski definition) is 2. The summed E-state index contributed by atoms with van der Waals surface area (Å²) in [5.74, 6) is 2.76. The lowest BCUT2D eigenvalue weighted by molar-refractivity contribution is 0.841. The first kappa shape index (κ1) is 8.41. The number of hydrogen-bond donors (Lipinski definition) is 1. The SMILES string of the molecule is CC(N)C=C=NC(C)C. The molecule has 0 aliphatic heterocycles. The van der Waals surface area contributed by atoms with Crippen LogP contribution in [0.25, 0.3) is 0 Å². The van der Waals surface area contributed by atoms with Crippen molar-refractivity contribution >= 4 is 5.87 Å². The summed E-state index contributed by atoms with van der Waals surface area (Å²) in [6, 6.07) is 0.382. The van der Waals surface area contributed by atoms with Crippen LogP contribution in [-0.2, 0) is 0 Å². The molecule has 0 aromatic heterocycles. The molecule has 0 radical (unpaired) electrons. The second kappa shape index (κ2) is 4.30. The van der Waals surface area contributed by atoms with Gasteiger partial charge in [0.05, 0.1) is 6.04 Å². The van der Waals surface area contributed by atoms with Gasteiger partial charge in [-0.15, -0.1) is 0 Å². The normalized spacial score (nSPS) is 12.6. The zero-order chi connectivity index (χ0) is 7.28. The number of nitrogens with two attached hydrogens (primary N) is 1. The van der Waals surface area contributed by atoms with Crippen LogP contribution in [0.4, 0.5) is 0 Å². The van der Waals surface area contributed by atoms with E-state index in [-0.39, 0.29) is 6.04 Å². The summed E-state index contributed by atoms with van der Waals surface area (Å²) < 4.78 is 0. The molecule has 2 nitrogen and oxygen atoms in total. The lowest BCUT2D eigenvalue weighted by Gasteiger charge is -1.90. The van der Waals surface area contributed by atoms with Crippen molar-refractivity contribution in [3.05, 3.63) is 6.08 Å². The fraction of sp³-hybridized carbons (Fsp3) is 0.714. The molecular weight excluding hydrogens is 112 g/mol. The van der Waals surface area contributed by atoms with Gasteiger partial charge in [-0.3, -0.25) is 0 Å². The third-order valence-corrected chi connectivity index (χ3v) is 0.670. The second-order valence-corrected chi connectivity index (χ2v) is 2.38. The van der Waals surface area contributed by atoms with Crippen LogP contribution in [0.5, 0.6) is 0 Å². The third-order valence-electron chi connectivity index (χ3n) is 0.670. The molecule has 0 aliphatic carbocycles. The fourth-order valence-electron chi connectivity index (χ4n) is 0.310. The highest BCUT2D eigenvalue weighted by atomic mass is 14.7. The minimum Gasteiger partial charge on any atom is -0.324 e. The molecule has 0 spiro atoms. The van der Waals surface area contributed by atoms with Crippen molar-refractivity contribution in [1.29, 1.82) is 0 Å². The van der Waals surface area contributed by atoms with E-state index >= 15 is 0 Å². The van der Waals surface area contributed by atoms with Gasteiger partial charge in [0.15, 0.2) is 0 Å². The minimum absolute atomic E-state index is 0.0625. The molecule has 2 heteroatoms. The average molecular weight is 126 g/mol. The van der Waals surface area contributed by atoms with Gasteiger partial charge in [-0.05, 0) is 32.7 Å². The summed E-state index contributed by atoms with van der Waals surface area (Å²) in [5.41, 5.74) is 5.40. The highest BCUT2D eigenvalue weighted by molar-refractivity contribution is 5.52. The Morgan fingerprint density at radius 3 is 2.33 bits per heavy atom. The lowest BCUT2D eigenvalue weighted by atomic mass is 10.4. The molecule has 0 fully saturated rings. The van der Waals surface area contributed by atoms with Crippen molar-refractivity contribution in [2.45, 2.75) is 32.9 Å². The summed E-state index contributed by atoms with van der Waals surface area (Å²) in [6.07, 6.45) is 1.75. The Balaban J connectivity index is 3.67. The quantitative estimate of drug-likeness (QED) is 0.550.